The molecule has 1 saturated heterocycles. The van der Waals surface area contributed by atoms with E-state index in [-0.39, 0.29) is 34.2 Å². The van der Waals surface area contributed by atoms with E-state index in [0.29, 0.717) is 12.1 Å². The van der Waals surface area contributed by atoms with Crippen molar-refractivity contribution in [3.05, 3.63) is 62.3 Å². The van der Waals surface area contributed by atoms with Crippen LogP contribution in [0.4, 0.5) is 4.39 Å². The maximum absolute atomic E-state index is 13.5. The summed E-state index contributed by atoms with van der Waals surface area (Å²) in [7, 11) is 0. The van der Waals surface area contributed by atoms with Crippen molar-refractivity contribution in [2.75, 3.05) is 5.75 Å². The third-order valence-electron chi connectivity index (χ3n) is 5.04. The smallest absolute Gasteiger partial charge is 0.275 e. The molecule has 2 N–H and O–H groups in total. The summed E-state index contributed by atoms with van der Waals surface area (Å²) in [5, 5.41) is 12.8. The maximum atomic E-state index is 13.5. The van der Waals surface area contributed by atoms with Gasteiger partial charge in [0.25, 0.3) is 11.8 Å². The lowest BCUT2D eigenvalue weighted by Gasteiger charge is -2.34. The van der Waals surface area contributed by atoms with Crippen LogP contribution in [0.25, 0.3) is 0 Å². The molecule has 0 bridgehead atoms. The van der Waals surface area contributed by atoms with Crippen LogP contribution < -0.4 is 10.7 Å². The van der Waals surface area contributed by atoms with Crippen LogP contribution in [-0.2, 0) is 13.1 Å². The summed E-state index contributed by atoms with van der Waals surface area (Å²) in [5.41, 5.74) is -0.832. The van der Waals surface area contributed by atoms with E-state index in [1.165, 1.54) is 22.9 Å². The zero-order valence-corrected chi connectivity index (χ0v) is 16.9. The van der Waals surface area contributed by atoms with Gasteiger partial charge in [-0.2, -0.15) is 0 Å². The molecule has 2 aliphatic rings. The quantitative estimate of drug-likeness (QED) is 0.768. The van der Waals surface area contributed by atoms with Crippen molar-refractivity contribution in [2.24, 2.45) is 0 Å². The molecular weight excluding hydrogens is 421 g/mol. The number of hydrogen-bond acceptors (Lipinski definition) is 5. The van der Waals surface area contributed by atoms with Crippen molar-refractivity contribution in [3.8, 4) is 5.75 Å². The summed E-state index contributed by atoms with van der Waals surface area (Å²) >= 11 is 7.25. The Morgan fingerprint density at radius 3 is 2.90 bits per heavy atom. The van der Waals surface area contributed by atoms with Crippen LogP contribution in [0.2, 0.25) is 5.02 Å². The molecule has 4 rings (SSSR count). The lowest BCUT2D eigenvalue weighted by atomic mass is 10.1. The number of pyridine rings is 1. The molecule has 3 heterocycles. The SMILES string of the molecule is C[C@H]1CSC2Cn3cc(C(=O)NCc4ccc(Cl)c(F)c4)c(=O)c(O)c3C(=O)N21. The number of aromatic nitrogens is 1. The normalized spacial score (nSPS) is 20.4. The highest BCUT2D eigenvalue weighted by Gasteiger charge is 2.42. The van der Waals surface area contributed by atoms with Gasteiger partial charge in [0.05, 0.1) is 16.9 Å². The molecule has 2 aromatic rings. The second kappa shape index (κ2) is 7.38. The number of fused-ring (bicyclic) bond motifs is 2. The van der Waals surface area contributed by atoms with Gasteiger partial charge in [-0.3, -0.25) is 14.4 Å². The molecular formula is C19H17ClFN3O4S. The van der Waals surface area contributed by atoms with Crippen molar-refractivity contribution in [1.29, 1.82) is 0 Å². The molecule has 0 aliphatic carbocycles. The van der Waals surface area contributed by atoms with Crippen molar-refractivity contribution in [1.82, 2.24) is 14.8 Å². The number of amides is 2. The largest absolute Gasteiger partial charge is 0.503 e. The maximum Gasteiger partial charge on any atom is 0.275 e. The number of aromatic hydroxyl groups is 1. The number of hydrogen-bond donors (Lipinski definition) is 2. The van der Waals surface area contributed by atoms with Gasteiger partial charge < -0.3 is 19.9 Å². The number of carbonyl (C=O) groups excluding carboxylic acids is 2. The van der Waals surface area contributed by atoms with Crippen LogP contribution in [0.3, 0.4) is 0 Å². The molecule has 1 unspecified atom stereocenters. The van der Waals surface area contributed by atoms with Gasteiger partial charge in [0, 0.05) is 24.5 Å². The number of benzene rings is 1. The van der Waals surface area contributed by atoms with Crippen molar-refractivity contribution < 1.29 is 19.1 Å². The Morgan fingerprint density at radius 2 is 2.17 bits per heavy atom. The Kier molecular flexibility index (Phi) is 5.04. The van der Waals surface area contributed by atoms with E-state index in [9.17, 15) is 23.9 Å². The number of carbonyl (C=O) groups is 2. The van der Waals surface area contributed by atoms with Crippen LogP contribution in [0.15, 0.2) is 29.2 Å². The Bertz CT molecular complexity index is 1090. The summed E-state index contributed by atoms with van der Waals surface area (Å²) < 4.78 is 15.0. The molecule has 0 saturated carbocycles. The molecule has 1 aromatic heterocycles. The molecule has 0 spiro atoms. The molecule has 2 atom stereocenters. The highest BCUT2D eigenvalue weighted by molar-refractivity contribution is 8.00. The summed E-state index contributed by atoms with van der Waals surface area (Å²) in [6.07, 6.45) is 1.30. The first-order chi connectivity index (χ1) is 13.8. The van der Waals surface area contributed by atoms with Crippen LogP contribution >= 0.6 is 23.4 Å². The molecule has 10 heteroatoms. The minimum atomic E-state index is -0.915. The van der Waals surface area contributed by atoms with Gasteiger partial charge >= 0.3 is 0 Å². The van der Waals surface area contributed by atoms with Crippen molar-refractivity contribution in [2.45, 2.75) is 31.4 Å². The van der Waals surface area contributed by atoms with Crippen LogP contribution in [0.1, 0.15) is 33.3 Å². The van der Waals surface area contributed by atoms with Gasteiger partial charge in [0.15, 0.2) is 11.4 Å². The predicted octanol–water partition coefficient (Wildman–Crippen LogP) is 2.19. The Morgan fingerprint density at radius 1 is 1.41 bits per heavy atom. The lowest BCUT2D eigenvalue weighted by Crippen LogP contribution is -2.48. The lowest BCUT2D eigenvalue weighted by molar-refractivity contribution is 0.0634. The second-order valence-electron chi connectivity index (χ2n) is 7.00. The van der Waals surface area contributed by atoms with Crippen LogP contribution in [0.5, 0.6) is 5.75 Å². The van der Waals surface area contributed by atoms with E-state index in [1.807, 2.05) is 6.92 Å². The van der Waals surface area contributed by atoms with Crippen LogP contribution in [0, 0.1) is 5.82 Å². The first kappa shape index (κ1) is 19.8. The zero-order valence-electron chi connectivity index (χ0n) is 15.3. The van der Waals surface area contributed by atoms with E-state index in [4.69, 9.17) is 11.6 Å². The van der Waals surface area contributed by atoms with Gasteiger partial charge in [-0.25, -0.2) is 4.39 Å². The average Bonchev–Trinajstić information content (AvgIpc) is 3.06. The number of thioether (sulfide) groups is 1. The summed E-state index contributed by atoms with van der Waals surface area (Å²) in [4.78, 5) is 39.5. The first-order valence-electron chi connectivity index (χ1n) is 8.90. The summed E-state index contributed by atoms with van der Waals surface area (Å²) in [5.74, 6) is -1.73. The number of rotatable bonds is 3. The van der Waals surface area contributed by atoms with Gasteiger partial charge in [0.1, 0.15) is 11.4 Å². The van der Waals surface area contributed by atoms with Gasteiger partial charge in [-0.05, 0) is 24.6 Å². The predicted molar refractivity (Wildman–Crippen MR) is 107 cm³/mol. The molecule has 0 radical (unpaired) electrons. The van der Waals surface area contributed by atoms with Crippen molar-refractivity contribution in [3.63, 3.8) is 0 Å². The standard InChI is InChI=1S/C19H17ClFN3O4S/c1-9-8-29-14-7-23-6-11(16(25)17(26)15(23)19(28)24(9)14)18(27)22-5-10-2-3-12(20)13(21)4-10/h2-4,6,9,14,26H,5,7-8H2,1H3,(H,22,27)/t9-,14?/m0/s1. The van der Waals surface area contributed by atoms with Gasteiger partial charge in [0.2, 0.25) is 5.43 Å². The Balaban J connectivity index is 1.61. The fourth-order valence-electron chi connectivity index (χ4n) is 3.56. The Labute approximate surface area is 174 Å². The number of nitrogens with zero attached hydrogens (tertiary/aromatic N) is 2. The third kappa shape index (κ3) is 3.38. The fraction of sp³-hybridized carbons (Fsp3) is 0.316. The van der Waals surface area contributed by atoms with E-state index < -0.39 is 28.8 Å². The van der Waals surface area contributed by atoms with E-state index in [1.54, 1.807) is 22.7 Å². The third-order valence-corrected chi connectivity index (χ3v) is 6.79. The topological polar surface area (TPSA) is 91.6 Å². The minimum Gasteiger partial charge on any atom is -0.503 e. The summed E-state index contributed by atoms with van der Waals surface area (Å²) in [6.45, 7) is 2.25. The average molecular weight is 438 g/mol. The van der Waals surface area contributed by atoms with E-state index >= 15 is 0 Å². The van der Waals surface area contributed by atoms with Crippen LogP contribution in [-0.4, -0.2) is 43.6 Å². The molecule has 2 aliphatic heterocycles. The highest BCUT2D eigenvalue weighted by atomic mass is 35.5. The first-order valence-corrected chi connectivity index (χ1v) is 10.3. The molecule has 7 nitrogen and oxygen atoms in total. The van der Waals surface area contributed by atoms with Gasteiger partial charge in [-0.1, -0.05) is 17.7 Å². The molecule has 1 fully saturated rings. The molecule has 152 valence electrons. The Hall–Kier alpha value is -2.52. The molecule has 1 aromatic carbocycles. The van der Waals surface area contributed by atoms with E-state index in [0.717, 1.165) is 5.75 Å². The van der Waals surface area contributed by atoms with E-state index in [2.05, 4.69) is 5.32 Å². The highest BCUT2D eigenvalue weighted by Crippen LogP contribution is 2.36. The monoisotopic (exact) mass is 437 g/mol. The number of halogens is 2. The zero-order chi connectivity index (χ0) is 20.9. The van der Waals surface area contributed by atoms with Gasteiger partial charge in [-0.15, -0.1) is 11.8 Å². The molecule has 2 amide bonds. The second-order valence-corrected chi connectivity index (χ2v) is 8.62. The summed E-state index contributed by atoms with van der Waals surface area (Å²) in [6, 6.07) is 4.11. The minimum absolute atomic E-state index is 0.00324. The van der Waals surface area contributed by atoms with Crippen molar-refractivity contribution >= 4 is 35.2 Å². The number of nitrogens with one attached hydrogen (secondary N) is 1. The fourth-order valence-corrected chi connectivity index (χ4v) is 5.07. The molecule has 29 heavy (non-hydrogen) atoms.